The maximum Gasteiger partial charge on any atom is 0.258 e. The number of nitrogens with two attached hydrogens (primary N) is 1. The van der Waals surface area contributed by atoms with Crippen LogP contribution < -0.4 is 5.73 Å². The van der Waals surface area contributed by atoms with Gasteiger partial charge in [0.1, 0.15) is 0 Å². The second kappa shape index (κ2) is 4.74. The Morgan fingerprint density at radius 2 is 2.28 bits per heavy atom. The number of β-amino-alcohol motifs (C(OH)–C–C–N with tert-alkyl or cyclic N) is 1. The number of hydrogen-bond donors (Lipinski definition) is 2. The lowest BCUT2D eigenvalue weighted by Gasteiger charge is -2.36. The molecule has 3 N–H and O–H groups in total. The molecule has 1 atom stereocenters. The number of likely N-dealkylation sites (tertiary alicyclic amines) is 1. The quantitative estimate of drug-likeness (QED) is 0.830. The lowest BCUT2D eigenvalue weighted by Crippen LogP contribution is -2.57. The zero-order valence-corrected chi connectivity index (χ0v) is 11.1. The Bertz CT molecular complexity index is 487. The molecular weight excluding hydrogens is 304 g/mol. The van der Waals surface area contributed by atoms with E-state index in [9.17, 15) is 14.7 Å². The Morgan fingerprint density at radius 3 is 2.83 bits per heavy atom. The van der Waals surface area contributed by atoms with Gasteiger partial charge >= 0.3 is 0 Å². The summed E-state index contributed by atoms with van der Waals surface area (Å²) in [6, 6.07) is 1.53. The summed E-state index contributed by atoms with van der Waals surface area (Å²) in [5.41, 5.74) is 3.89. The normalized spacial score (nSPS) is 24.0. The molecular formula is C11H13BrN2O4. The number of hydrogen-bond acceptors (Lipinski definition) is 4. The minimum Gasteiger partial charge on any atom is -0.457 e. The van der Waals surface area contributed by atoms with Gasteiger partial charge in [-0.25, -0.2) is 0 Å². The van der Waals surface area contributed by atoms with Crippen LogP contribution in [-0.4, -0.2) is 40.5 Å². The van der Waals surface area contributed by atoms with Crippen LogP contribution in [0.5, 0.6) is 0 Å². The molecule has 1 saturated heterocycles. The van der Waals surface area contributed by atoms with Crippen molar-refractivity contribution in [3.05, 3.63) is 22.6 Å². The molecule has 0 spiro atoms. The summed E-state index contributed by atoms with van der Waals surface area (Å²) >= 11 is 3.12. The first-order valence-corrected chi connectivity index (χ1v) is 6.28. The lowest BCUT2D eigenvalue weighted by atomic mass is 9.92. The van der Waals surface area contributed by atoms with Gasteiger partial charge in [-0.2, -0.15) is 0 Å². The molecule has 7 heteroatoms. The number of aliphatic hydroxyl groups is 1. The highest BCUT2D eigenvalue weighted by molar-refractivity contribution is 9.10. The second-order valence-corrected chi connectivity index (χ2v) is 5.05. The number of halogens is 1. The number of amides is 2. The van der Waals surface area contributed by atoms with Crippen LogP contribution in [-0.2, 0) is 4.79 Å². The third kappa shape index (κ3) is 2.28. The Kier molecular flexibility index (Phi) is 3.45. The van der Waals surface area contributed by atoms with Crippen LogP contribution in [0.4, 0.5) is 0 Å². The minimum absolute atomic E-state index is 0.0845. The highest BCUT2D eigenvalue weighted by atomic mass is 79.9. The van der Waals surface area contributed by atoms with Gasteiger partial charge in [-0.15, -0.1) is 0 Å². The van der Waals surface area contributed by atoms with E-state index in [1.54, 1.807) is 0 Å². The van der Waals surface area contributed by atoms with E-state index in [1.165, 1.54) is 17.2 Å². The van der Waals surface area contributed by atoms with E-state index in [1.807, 2.05) is 0 Å². The molecule has 1 fully saturated rings. The molecule has 18 heavy (non-hydrogen) atoms. The number of piperidine rings is 1. The van der Waals surface area contributed by atoms with Gasteiger partial charge in [-0.05, 0) is 34.8 Å². The number of furan rings is 1. The number of carbonyl (C=O) groups is 2. The Hall–Kier alpha value is -1.34. The van der Waals surface area contributed by atoms with Gasteiger partial charge in [-0.1, -0.05) is 0 Å². The van der Waals surface area contributed by atoms with Gasteiger partial charge in [0.15, 0.2) is 10.3 Å². The van der Waals surface area contributed by atoms with Crippen LogP contribution in [0.1, 0.15) is 23.2 Å². The van der Waals surface area contributed by atoms with Crippen molar-refractivity contribution in [2.24, 2.45) is 5.73 Å². The molecule has 1 aliphatic heterocycles. The molecule has 2 amide bonds. The van der Waals surface area contributed by atoms with E-state index in [4.69, 9.17) is 10.2 Å². The fourth-order valence-electron chi connectivity index (χ4n) is 2.03. The molecule has 2 heterocycles. The van der Waals surface area contributed by atoms with Crippen molar-refractivity contribution in [2.45, 2.75) is 18.4 Å². The molecule has 2 rings (SSSR count). The fourth-order valence-corrected chi connectivity index (χ4v) is 2.44. The fraction of sp³-hybridized carbons (Fsp3) is 0.455. The van der Waals surface area contributed by atoms with Crippen LogP contribution in [0.25, 0.3) is 0 Å². The van der Waals surface area contributed by atoms with E-state index in [0.29, 0.717) is 23.2 Å². The topological polar surface area (TPSA) is 96.8 Å². The number of rotatable bonds is 2. The molecule has 1 aliphatic rings. The van der Waals surface area contributed by atoms with Crippen LogP contribution in [0.15, 0.2) is 21.4 Å². The highest BCUT2D eigenvalue weighted by Gasteiger charge is 2.40. The van der Waals surface area contributed by atoms with Crippen molar-refractivity contribution in [3.63, 3.8) is 0 Å². The molecule has 0 bridgehead atoms. The third-order valence-electron chi connectivity index (χ3n) is 3.07. The maximum atomic E-state index is 12.2. The van der Waals surface area contributed by atoms with Gasteiger partial charge in [0.05, 0.1) is 18.4 Å². The largest absolute Gasteiger partial charge is 0.457 e. The smallest absolute Gasteiger partial charge is 0.258 e. The van der Waals surface area contributed by atoms with Gasteiger partial charge in [0.2, 0.25) is 0 Å². The average Bonchev–Trinajstić information content (AvgIpc) is 2.74. The van der Waals surface area contributed by atoms with E-state index < -0.39 is 11.5 Å². The summed E-state index contributed by atoms with van der Waals surface area (Å²) in [5.74, 6) is -1.10. The summed E-state index contributed by atoms with van der Waals surface area (Å²) in [5, 5.41) is 10.0. The van der Waals surface area contributed by atoms with Gasteiger partial charge in [0.25, 0.3) is 11.8 Å². The van der Waals surface area contributed by atoms with E-state index in [-0.39, 0.29) is 18.9 Å². The van der Waals surface area contributed by atoms with Crippen molar-refractivity contribution < 1.29 is 19.1 Å². The van der Waals surface area contributed by atoms with Gasteiger partial charge < -0.3 is 20.2 Å². The lowest BCUT2D eigenvalue weighted by molar-refractivity contribution is -0.140. The van der Waals surface area contributed by atoms with Crippen LogP contribution in [0.3, 0.4) is 0 Å². The predicted molar refractivity (Wildman–Crippen MR) is 65.7 cm³/mol. The van der Waals surface area contributed by atoms with Crippen LogP contribution in [0, 0.1) is 0 Å². The number of nitrogens with zero attached hydrogens (tertiary/aromatic N) is 1. The minimum atomic E-state index is -1.63. The molecule has 0 saturated carbocycles. The standard InChI is InChI=1S/C11H13BrN2O4/c12-8-7(2-5-18-8)9(15)14-4-1-3-11(17,6-14)10(13)16/h2,5,17H,1,3-4,6H2,(H2,13,16)/t11-/m0/s1. The molecule has 1 aromatic heterocycles. The van der Waals surface area contributed by atoms with Crippen molar-refractivity contribution in [2.75, 3.05) is 13.1 Å². The Morgan fingerprint density at radius 1 is 1.56 bits per heavy atom. The molecule has 0 unspecified atom stereocenters. The predicted octanol–water partition coefficient (Wildman–Crippen LogP) is 0.495. The van der Waals surface area contributed by atoms with Gasteiger partial charge in [-0.3, -0.25) is 9.59 Å². The molecule has 98 valence electrons. The average molecular weight is 317 g/mol. The number of primary amides is 1. The van der Waals surface area contributed by atoms with Gasteiger partial charge in [0, 0.05) is 6.54 Å². The van der Waals surface area contributed by atoms with E-state index in [0.717, 1.165) is 0 Å². The summed E-state index contributed by atoms with van der Waals surface area (Å²) < 4.78 is 5.32. The summed E-state index contributed by atoms with van der Waals surface area (Å²) in [6.07, 6.45) is 2.20. The summed E-state index contributed by atoms with van der Waals surface area (Å²) in [7, 11) is 0. The molecule has 6 nitrogen and oxygen atoms in total. The zero-order chi connectivity index (χ0) is 13.3. The van der Waals surface area contributed by atoms with E-state index in [2.05, 4.69) is 15.9 Å². The summed E-state index contributed by atoms with van der Waals surface area (Å²) in [6.45, 7) is 0.394. The second-order valence-electron chi connectivity index (χ2n) is 4.33. The first-order chi connectivity index (χ1) is 8.44. The molecule has 1 aromatic rings. The van der Waals surface area contributed by atoms with E-state index >= 15 is 0 Å². The third-order valence-corrected chi connectivity index (χ3v) is 3.68. The maximum absolute atomic E-state index is 12.2. The van der Waals surface area contributed by atoms with Crippen molar-refractivity contribution in [1.29, 1.82) is 0 Å². The SMILES string of the molecule is NC(=O)[C@]1(O)CCCN(C(=O)c2ccoc2Br)C1. The zero-order valence-electron chi connectivity index (χ0n) is 9.56. The number of carbonyl (C=O) groups excluding carboxylic acids is 2. The Balaban J connectivity index is 2.17. The monoisotopic (exact) mass is 316 g/mol. The first-order valence-electron chi connectivity index (χ1n) is 5.48. The first kappa shape index (κ1) is 13.1. The van der Waals surface area contributed by atoms with Crippen molar-refractivity contribution in [1.82, 2.24) is 4.90 Å². The summed E-state index contributed by atoms with van der Waals surface area (Å²) in [4.78, 5) is 24.8. The Labute approximate surface area is 112 Å². The van der Waals surface area contributed by atoms with Crippen LogP contribution >= 0.6 is 15.9 Å². The molecule has 0 radical (unpaired) electrons. The molecule has 0 aromatic carbocycles. The van der Waals surface area contributed by atoms with Crippen molar-refractivity contribution >= 4 is 27.7 Å². The molecule has 0 aliphatic carbocycles. The van der Waals surface area contributed by atoms with Crippen molar-refractivity contribution in [3.8, 4) is 0 Å². The van der Waals surface area contributed by atoms with Crippen LogP contribution in [0.2, 0.25) is 0 Å². The highest BCUT2D eigenvalue weighted by Crippen LogP contribution is 2.25.